The normalized spacial score (nSPS) is 14.0. The summed E-state index contributed by atoms with van der Waals surface area (Å²) in [6, 6.07) is -0.150. The molecule has 0 unspecified atom stereocenters. The number of unbranched alkanes of at least 4 members (excludes halogenated alkanes) is 3. The molecule has 114 valence electrons. The summed E-state index contributed by atoms with van der Waals surface area (Å²) in [4.78, 5) is 15.5. The predicted molar refractivity (Wildman–Crippen MR) is 75.5 cm³/mol. The molecule has 6 heteroatoms. The Morgan fingerprint density at radius 2 is 2.15 bits per heavy atom. The first kappa shape index (κ1) is 16.6. The number of aliphatic hydroxyl groups excluding tert-OH is 1. The number of carbonyl (C=O) groups excluding carboxylic acids is 1. The lowest BCUT2D eigenvalue weighted by Crippen LogP contribution is -2.22. The van der Waals surface area contributed by atoms with Crippen LogP contribution in [0.2, 0.25) is 0 Å². The Morgan fingerprint density at radius 3 is 2.75 bits per heavy atom. The van der Waals surface area contributed by atoms with Crippen LogP contribution in [0.25, 0.3) is 0 Å². The highest BCUT2D eigenvalue weighted by Gasteiger charge is 2.20. The number of esters is 1. The molecular formula is C14H25N3O3. The number of hydrogen-bond donors (Lipinski definition) is 1. The maximum Gasteiger partial charge on any atom is 0.378 e. The van der Waals surface area contributed by atoms with Gasteiger partial charge >= 0.3 is 5.97 Å². The van der Waals surface area contributed by atoms with Gasteiger partial charge in [-0.15, -0.1) is 5.10 Å². The van der Waals surface area contributed by atoms with Crippen molar-refractivity contribution in [3.8, 4) is 0 Å². The number of aromatic nitrogens is 3. The summed E-state index contributed by atoms with van der Waals surface area (Å²) >= 11 is 0. The van der Waals surface area contributed by atoms with Crippen molar-refractivity contribution in [2.24, 2.45) is 0 Å². The summed E-state index contributed by atoms with van der Waals surface area (Å²) in [6.45, 7) is 5.93. The van der Waals surface area contributed by atoms with Gasteiger partial charge in [0.1, 0.15) is 6.33 Å². The van der Waals surface area contributed by atoms with Crippen LogP contribution < -0.4 is 0 Å². The molecule has 0 radical (unpaired) electrons. The van der Waals surface area contributed by atoms with Crippen molar-refractivity contribution >= 4 is 5.97 Å². The van der Waals surface area contributed by atoms with Crippen molar-refractivity contribution in [1.29, 1.82) is 0 Å². The Labute approximate surface area is 120 Å². The molecule has 20 heavy (non-hydrogen) atoms. The van der Waals surface area contributed by atoms with E-state index in [1.807, 2.05) is 0 Å². The second-order valence-corrected chi connectivity index (χ2v) is 4.93. The fraction of sp³-hybridized carbons (Fsp3) is 0.786. The molecule has 6 nitrogen and oxygen atoms in total. The molecule has 0 bridgehead atoms. The molecule has 1 rings (SSSR count). The molecule has 0 aliphatic carbocycles. The van der Waals surface area contributed by atoms with Crippen LogP contribution in [0.4, 0.5) is 0 Å². The Morgan fingerprint density at radius 1 is 1.40 bits per heavy atom. The van der Waals surface area contributed by atoms with E-state index in [-0.39, 0.29) is 11.9 Å². The van der Waals surface area contributed by atoms with E-state index < -0.39 is 12.1 Å². The van der Waals surface area contributed by atoms with Crippen LogP contribution in [0.5, 0.6) is 0 Å². The van der Waals surface area contributed by atoms with Crippen LogP contribution in [0.15, 0.2) is 6.33 Å². The van der Waals surface area contributed by atoms with Crippen LogP contribution in [0.3, 0.4) is 0 Å². The highest BCUT2D eigenvalue weighted by molar-refractivity contribution is 5.84. The molecule has 1 aromatic rings. The molecule has 1 N–H and O–H groups in total. The zero-order valence-electron chi connectivity index (χ0n) is 12.6. The fourth-order valence-corrected chi connectivity index (χ4v) is 2.10. The van der Waals surface area contributed by atoms with Gasteiger partial charge in [-0.2, -0.15) is 0 Å². The first-order valence-corrected chi connectivity index (χ1v) is 7.36. The molecular weight excluding hydrogens is 258 g/mol. The molecule has 0 aliphatic heterocycles. The minimum absolute atomic E-state index is 0.0473. The van der Waals surface area contributed by atoms with Gasteiger partial charge in [-0.25, -0.2) is 14.5 Å². The zero-order valence-corrected chi connectivity index (χ0v) is 12.6. The molecule has 0 spiro atoms. The summed E-state index contributed by atoms with van der Waals surface area (Å²) in [5, 5.41) is 14.0. The van der Waals surface area contributed by atoms with Crippen LogP contribution in [-0.2, 0) is 4.74 Å². The van der Waals surface area contributed by atoms with E-state index in [2.05, 4.69) is 17.0 Å². The smallest absolute Gasteiger partial charge is 0.378 e. The molecule has 2 atom stereocenters. The van der Waals surface area contributed by atoms with Gasteiger partial charge in [0.15, 0.2) is 0 Å². The zero-order chi connectivity index (χ0) is 15.0. The Hall–Kier alpha value is -1.43. The maximum atomic E-state index is 11.5. The van der Waals surface area contributed by atoms with Crippen molar-refractivity contribution in [3.05, 3.63) is 12.2 Å². The number of rotatable bonds is 9. The molecule has 1 heterocycles. The minimum atomic E-state index is -0.534. The highest BCUT2D eigenvalue weighted by Crippen LogP contribution is 2.19. The SMILES string of the molecule is CCCCCC[C@H]([C@@H](C)O)n1cnc(C(=O)OCC)n1. The number of aliphatic hydroxyl groups is 1. The van der Waals surface area contributed by atoms with E-state index in [0.717, 1.165) is 19.3 Å². The van der Waals surface area contributed by atoms with Crippen LogP contribution >= 0.6 is 0 Å². The summed E-state index contributed by atoms with van der Waals surface area (Å²) < 4.78 is 6.43. The van der Waals surface area contributed by atoms with Crippen molar-refractivity contribution in [3.63, 3.8) is 0 Å². The quantitative estimate of drug-likeness (QED) is 0.556. The average molecular weight is 283 g/mol. The second-order valence-electron chi connectivity index (χ2n) is 4.93. The van der Waals surface area contributed by atoms with Gasteiger partial charge in [0, 0.05) is 0 Å². The molecule has 1 aromatic heterocycles. The molecule has 0 aliphatic rings. The number of carbonyl (C=O) groups is 1. The van der Waals surface area contributed by atoms with E-state index in [1.54, 1.807) is 18.5 Å². The van der Waals surface area contributed by atoms with Crippen molar-refractivity contribution in [2.45, 2.75) is 65.0 Å². The van der Waals surface area contributed by atoms with E-state index in [9.17, 15) is 9.90 Å². The molecule has 0 aromatic carbocycles. The number of nitrogens with zero attached hydrogens (tertiary/aromatic N) is 3. The topological polar surface area (TPSA) is 77.2 Å². The maximum absolute atomic E-state index is 11.5. The van der Waals surface area contributed by atoms with Crippen LogP contribution in [0.1, 0.15) is 69.5 Å². The molecule has 0 saturated heterocycles. The van der Waals surface area contributed by atoms with Gasteiger partial charge in [-0.1, -0.05) is 32.6 Å². The van der Waals surface area contributed by atoms with Gasteiger partial charge in [-0.3, -0.25) is 0 Å². The largest absolute Gasteiger partial charge is 0.460 e. The fourth-order valence-electron chi connectivity index (χ4n) is 2.10. The van der Waals surface area contributed by atoms with Gasteiger partial charge in [0.25, 0.3) is 5.82 Å². The third-order valence-electron chi connectivity index (χ3n) is 3.22. The third-order valence-corrected chi connectivity index (χ3v) is 3.22. The van der Waals surface area contributed by atoms with Gasteiger partial charge < -0.3 is 9.84 Å². The van der Waals surface area contributed by atoms with E-state index in [1.165, 1.54) is 19.2 Å². The standard InChI is InChI=1S/C14H25N3O3/c1-4-6-7-8-9-12(11(3)18)17-10-15-13(16-17)14(19)20-5-2/h10-12,18H,4-9H2,1-3H3/t11-,12-/m1/s1. The number of hydrogen-bond acceptors (Lipinski definition) is 5. The first-order valence-electron chi connectivity index (χ1n) is 7.36. The van der Waals surface area contributed by atoms with Crippen LogP contribution in [-0.4, -0.2) is 38.6 Å². The monoisotopic (exact) mass is 283 g/mol. The Bertz CT molecular complexity index is 404. The Balaban J connectivity index is 2.65. The second kappa shape index (κ2) is 8.68. The Kier molecular flexibility index (Phi) is 7.22. The lowest BCUT2D eigenvalue weighted by Gasteiger charge is -2.19. The summed E-state index contributed by atoms with van der Waals surface area (Å²) in [7, 11) is 0. The van der Waals surface area contributed by atoms with E-state index >= 15 is 0 Å². The summed E-state index contributed by atoms with van der Waals surface area (Å²) in [6.07, 6.45) is 6.31. The molecule has 0 fully saturated rings. The lowest BCUT2D eigenvalue weighted by atomic mass is 10.0. The molecule has 0 amide bonds. The summed E-state index contributed by atoms with van der Waals surface area (Å²) in [5.74, 6) is -0.479. The molecule has 0 saturated carbocycles. The average Bonchev–Trinajstić information content (AvgIpc) is 2.88. The summed E-state index contributed by atoms with van der Waals surface area (Å²) in [5.41, 5.74) is 0. The van der Waals surface area contributed by atoms with E-state index in [0.29, 0.717) is 6.61 Å². The minimum Gasteiger partial charge on any atom is -0.460 e. The van der Waals surface area contributed by atoms with Gasteiger partial charge in [0.2, 0.25) is 0 Å². The first-order chi connectivity index (χ1) is 9.60. The number of ether oxygens (including phenoxy) is 1. The van der Waals surface area contributed by atoms with Crippen molar-refractivity contribution in [1.82, 2.24) is 14.8 Å². The predicted octanol–water partition coefficient (Wildman–Crippen LogP) is 2.35. The van der Waals surface area contributed by atoms with Gasteiger partial charge in [-0.05, 0) is 20.3 Å². The van der Waals surface area contributed by atoms with Crippen LogP contribution in [0, 0.1) is 0 Å². The van der Waals surface area contributed by atoms with E-state index in [4.69, 9.17) is 4.74 Å². The van der Waals surface area contributed by atoms with Gasteiger partial charge in [0.05, 0.1) is 18.8 Å². The van der Waals surface area contributed by atoms with Crippen molar-refractivity contribution in [2.75, 3.05) is 6.61 Å². The lowest BCUT2D eigenvalue weighted by molar-refractivity contribution is 0.0509. The highest BCUT2D eigenvalue weighted by atomic mass is 16.5. The third kappa shape index (κ3) is 4.92. The van der Waals surface area contributed by atoms with Crippen molar-refractivity contribution < 1.29 is 14.6 Å².